The Morgan fingerprint density at radius 1 is 0.900 bits per heavy atom. The van der Waals surface area contributed by atoms with Crippen LogP contribution in [0.5, 0.6) is 0 Å². The Labute approximate surface area is 116 Å². The maximum atomic E-state index is 11.9. The zero-order chi connectivity index (χ0) is 14.5. The number of anilines is 1. The number of hydrogen-bond donors (Lipinski definition) is 3. The van der Waals surface area contributed by atoms with Crippen molar-refractivity contribution < 1.29 is 9.59 Å². The van der Waals surface area contributed by atoms with Crippen LogP contribution in [0.15, 0.2) is 48.5 Å². The van der Waals surface area contributed by atoms with Gasteiger partial charge in [0.15, 0.2) is 0 Å². The largest absolute Gasteiger partial charge is 0.399 e. The molecule has 0 spiro atoms. The summed E-state index contributed by atoms with van der Waals surface area (Å²) in [6, 6.07) is 13.5. The number of carbonyl (C=O) groups is 2. The number of carbonyl (C=O) groups excluding carboxylic acids is 2. The van der Waals surface area contributed by atoms with Crippen LogP contribution < -0.4 is 16.8 Å². The molecule has 0 aliphatic heterocycles. The molecule has 2 rings (SSSR count). The topological polar surface area (TPSA) is 98.2 Å². The van der Waals surface area contributed by atoms with Gasteiger partial charge in [-0.1, -0.05) is 12.1 Å². The monoisotopic (exact) mass is 269 g/mol. The average molecular weight is 269 g/mol. The second-order valence-corrected chi connectivity index (χ2v) is 4.37. The number of nitrogen functional groups attached to an aromatic ring is 1. The minimum atomic E-state index is -0.470. The van der Waals surface area contributed by atoms with Crippen molar-refractivity contribution in [1.29, 1.82) is 0 Å². The maximum absolute atomic E-state index is 11.9. The van der Waals surface area contributed by atoms with Gasteiger partial charge in [-0.15, -0.1) is 0 Å². The number of nitrogens with one attached hydrogen (secondary N) is 1. The van der Waals surface area contributed by atoms with Crippen molar-refractivity contribution in [2.75, 3.05) is 5.73 Å². The number of nitrogens with two attached hydrogens (primary N) is 2. The van der Waals surface area contributed by atoms with E-state index >= 15 is 0 Å². The summed E-state index contributed by atoms with van der Waals surface area (Å²) >= 11 is 0. The van der Waals surface area contributed by atoms with Gasteiger partial charge in [-0.3, -0.25) is 9.59 Å². The lowest BCUT2D eigenvalue weighted by Crippen LogP contribution is -2.22. The van der Waals surface area contributed by atoms with E-state index in [-0.39, 0.29) is 5.91 Å². The zero-order valence-corrected chi connectivity index (χ0v) is 10.8. The molecular weight excluding hydrogens is 254 g/mol. The molecule has 20 heavy (non-hydrogen) atoms. The number of amides is 2. The highest BCUT2D eigenvalue weighted by molar-refractivity contribution is 5.94. The van der Waals surface area contributed by atoms with Crippen LogP contribution in [-0.2, 0) is 6.54 Å². The molecule has 0 aliphatic carbocycles. The minimum Gasteiger partial charge on any atom is -0.399 e. The summed E-state index contributed by atoms with van der Waals surface area (Å²) in [5.74, 6) is -0.647. The number of primary amides is 1. The Balaban J connectivity index is 1.96. The van der Waals surface area contributed by atoms with E-state index in [0.717, 1.165) is 5.56 Å². The van der Waals surface area contributed by atoms with Crippen molar-refractivity contribution in [3.05, 3.63) is 65.2 Å². The van der Waals surface area contributed by atoms with E-state index in [0.29, 0.717) is 23.4 Å². The third kappa shape index (κ3) is 3.35. The normalized spacial score (nSPS) is 10.0. The second-order valence-electron chi connectivity index (χ2n) is 4.37. The van der Waals surface area contributed by atoms with Crippen molar-refractivity contribution >= 4 is 17.5 Å². The molecule has 2 aromatic carbocycles. The third-order valence-corrected chi connectivity index (χ3v) is 2.86. The van der Waals surface area contributed by atoms with Gasteiger partial charge in [0.1, 0.15) is 0 Å². The Bertz CT molecular complexity index is 619. The molecule has 0 atom stereocenters. The average Bonchev–Trinajstić information content (AvgIpc) is 2.46. The number of rotatable bonds is 4. The fourth-order valence-corrected chi connectivity index (χ4v) is 1.71. The molecule has 2 aromatic rings. The predicted octanol–water partition coefficient (Wildman–Crippen LogP) is 1.30. The van der Waals surface area contributed by atoms with Crippen LogP contribution in [0, 0.1) is 0 Å². The van der Waals surface area contributed by atoms with E-state index in [4.69, 9.17) is 11.5 Å². The highest BCUT2D eigenvalue weighted by Gasteiger charge is 2.05. The van der Waals surface area contributed by atoms with Gasteiger partial charge in [0.05, 0.1) is 0 Å². The van der Waals surface area contributed by atoms with Crippen LogP contribution in [0.3, 0.4) is 0 Å². The van der Waals surface area contributed by atoms with Gasteiger partial charge in [0, 0.05) is 23.4 Å². The maximum Gasteiger partial charge on any atom is 0.251 e. The molecule has 0 bridgehead atoms. The van der Waals surface area contributed by atoms with Crippen LogP contribution in [0.4, 0.5) is 5.69 Å². The summed E-state index contributed by atoms with van der Waals surface area (Å²) in [5.41, 5.74) is 13.2. The quantitative estimate of drug-likeness (QED) is 0.729. The first-order valence-electron chi connectivity index (χ1n) is 6.09. The van der Waals surface area contributed by atoms with E-state index in [1.54, 1.807) is 48.5 Å². The van der Waals surface area contributed by atoms with Gasteiger partial charge in [-0.05, 0) is 42.0 Å². The van der Waals surface area contributed by atoms with E-state index < -0.39 is 5.91 Å². The number of hydrogen-bond acceptors (Lipinski definition) is 3. The van der Waals surface area contributed by atoms with Crippen LogP contribution in [0.2, 0.25) is 0 Å². The SMILES string of the molecule is NC(=O)c1ccc(CNC(=O)c2ccc(N)cc2)cc1. The van der Waals surface area contributed by atoms with Crippen LogP contribution in [0.1, 0.15) is 26.3 Å². The summed E-state index contributed by atoms with van der Waals surface area (Å²) in [4.78, 5) is 22.8. The Hall–Kier alpha value is -2.82. The predicted molar refractivity (Wildman–Crippen MR) is 77.0 cm³/mol. The first-order chi connectivity index (χ1) is 9.56. The Morgan fingerprint density at radius 3 is 2.00 bits per heavy atom. The van der Waals surface area contributed by atoms with Crippen molar-refractivity contribution in [2.45, 2.75) is 6.54 Å². The summed E-state index contributed by atoms with van der Waals surface area (Å²) < 4.78 is 0. The van der Waals surface area contributed by atoms with E-state index in [2.05, 4.69) is 5.32 Å². The summed E-state index contributed by atoms with van der Waals surface area (Å²) in [6.07, 6.45) is 0. The van der Waals surface area contributed by atoms with Crippen LogP contribution >= 0.6 is 0 Å². The molecule has 0 aromatic heterocycles. The highest BCUT2D eigenvalue weighted by atomic mass is 16.2. The molecule has 2 amide bonds. The van der Waals surface area contributed by atoms with Gasteiger partial charge < -0.3 is 16.8 Å². The highest BCUT2D eigenvalue weighted by Crippen LogP contribution is 2.07. The van der Waals surface area contributed by atoms with E-state index in [1.165, 1.54) is 0 Å². The molecule has 5 N–H and O–H groups in total. The van der Waals surface area contributed by atoms with Gasteiger partial charge in [-0.25, -0.2) is 0 Å². The summed E-state index contributed by atoms with van der Waals surface area (Å²) in [7, 11) is 0. The van der Waals surface area contributed by atoms with E-state index in [1.807, 2.05) is 0 Å². The van der Waals surface area contributed by atoms with Gasteiger partial charge in [-0.2, -0.15) is 0 Å². The molecule has 5 heteroatoms. The molecule has 0 saturated heterocycles. The van der Waals surface area contributed by atoms with Gasteiger partial charge in [0.2, 0.25) is 5.91 Å². The molecule has 5 nitrogen and oxygen atoms in total. The Morgan fingerprint density at radius 2 is 1.45 bits per heavy atom. The molecule has 0 heterocycles. The minimum absolute atomic E-state index is 0.177. The summed E-state index contributed by atoms with van der Waals surface area (Å²) in [6.45, 7) is 0.377. The van der Waals surface area contributed by atoms with Crippen LogP contribution in [0.25, 0.3) is 0 Å². The first kappa shape index (κ1) is 13.6. The second kappa shape index (κ2) is 5.88. The molecule has 0 aliphatic rings. The van der Waals surface area contributed by atoms with Crippen molar-refractivity contribution in [1.82, 2.24) is 5.32 Å². The zero-order valence-electron chi connectivity index (χ0n) is 10.8. The molecule has 0 unspecified atom stereocenters. The Kier molecular flexibility index (Phi) is 4.00. The lowest BCUT2D eigenvalue weighted by Gasteiger charge is -2.06. The van der Waals surface area contributed by atoms with Crippen molar-refractivity contribution in [3.8, 4) is 0 Å². The van der Waals surface area contributed by atoms with Gasteiger partial charge in [0.25, 0.3) is 5.91 Å². The lowest BCUT2D eigenvalue weighted by atomic mass is 10.1. The molecule has 102 valence electrons. The molecule has 0 radical (unpaired) electrons. The molecule has 0 saturated carbocycles. The lowest BCUT2D eigenvalue weighted by molar-refractivity contribution is 0.0949. The summed E-state index contributed by atoms with van der Waals surface area (Å²) in [5, 5.41) is 2.79. The molecular formula is C15H15N3O2. The third-order valence-electron chi connectivity index (χ3n) is 2.86. The number of benzene rings is 2. The molecule has 0 fully saturated rings. The van der Waals surface area contributed by atoms with Crippen molar-refractivity contribution in [3.63, 3.8) is 0 Å². The fraction of sp³-hybridized carbons (Fsp3) is 0.0667. The van der Waals surface area contributed by atoms with Crippen molar-refractivity contribution in [2.24, 2.45) is 5.73 Å². The fourth-order valence-electron chi connectivity index (χ4n) is 1.71. The van der Waals surface area contributed by atoms with Crippen LogP contribution in [-0.4, -0.2) is 11.8 Å². The standard InChI is InChI=1S/C15H15N3O2/c16-13-7-5-12(6-8-13)15(20)18-9-10-1-3-11(4-2-10)14(17)19/h1-8H,9,16H2,(H2,17,19)(H,18,20). The van der Waals surface area contributed by atoms with E-state index in [9.17, 15) is 9.59 Å². The first-order valence-corrected chi connectivity index (χ1v) is 6.09. The van der Waals surface area contributed by atoms with Gasteiger partial charge >= 0.3 is 0 Å². The smallest absolute Gasteiger partial charge is 0.251 e.